The van der Waals surface area contributed by atoms with Crippen LogP contribution in [0.1, 0.15) is 45.1 Å². The molecule has 2 unspecified atom stereocenters. The fourth-order valence-electron chi connectivity index (χ4n) is 2.17. The van der Waals surface area contributed by atoms with Crippen LogP contribution in [0.15, 0.2) is 18.2 Å². The van der Waals surface area contributed by atoms with E-state index < -0.39 is 0 Å². The average molecular weight is 352 g/mol. The smallest absolute Gasteiger partial charge is 0.0595 e. The second kappa shape index (κ2) is 8.45. The first kappa shape index (κ1) is 16.3. The molecule has 0 radical (unpaired) electrons. The molecule has 3 heteroatoms. The normalized spacial score (nSPS) is 14.5. The van der Waals surface area contributed by atoms with Gasteiger partial charge in [-0.05, 0) is 36.5 Å². The van der Waals surface area contributed by atoms with Crippen molar-refractivity contribution in [2.45, 2.75) is 50.8 Å². The van der Waals surface area contributed by atoms with Gasteiger partial charge in [-0.2, -0.15) is 0 Å². The Hall–Kier alpha value is 0.280. The van der Waals surface area contributed by atoms with Crippen molar-refractivity contribution in [3.8, 4) is 0 Å². The molecule has 0 fully saturated rings. The summed E-state index contributed by atoms with van der Waals surface area (Å²) in [6.07, 6.45) is 6.10. The van der Waals surface area contributed by atoms with Crippen molar-refractivity contribution in [3.05, 3.63) is 33.8 Å². The Labute approximate surface area is 129 Å². The summed E-state index contributed by atoms with van der Waals surface area (Å²) in [5, 5.41) is 1.28. The molecule has 0 aliphatic heterocycles. The van der Waals surface area contributed by atoms with Crippen molar-refractivity contribution >= 4 is 39.1 Å². The fourth-order valence-corrected chi connectivity index (χ4v) is 3.50. The topological polar surface area (TPSA) is 0 Å². The largest absolute Gasteiger partial charge is 0.0884 e. The second-order valence-electron chi connectivity index (χ2n) is 4.78. The van der Waals surface area contributed by atoms with E-state index in [-0.39, 0.29) is 0 Å². The highest BCUT2D eigenvalue weighted by Gasteiger charge is 2.17. The van der Waals surface area contributed by atoms with Gasteiger partial charge in [-0.1, -0.05) is 78.3 Å². The van der Waals surface area contributed by atoms with E-state index in [2.05, 4.69) is 35.8 Å². The number of halogens is 3. The molecule has 18 heavy (non-hydrogen) atoms. The Morgan fingerprint density at radius 3 is 2.44 bits per heavy atom. The molecule has 0 bridgehead atoms. The summed E-state index contributed by atoms with van der Waals surface area (Å²) in [4.78, 5) is 0.520. The van der Waals surface area contributed by atoms with E-state index in [1.54, 1.807) is 0 Å². The highest BCUT2D eigenvalue weighted by molar-refractivity contribution is 9.09. The minimum Gasteiger partial charge on any atom is -0.0884 e. The summed E-state index contributed by atoms with van der Waals surface area (Å²) in [7, 11) is 0. The maximum Gasteiger partial charge on any atom is 0.0595 e. The molecule has 2 atom stereocenters. The molecule has 0 spiro atoms. The number of rotatable bonds is 7. The molecule has 0 amide bonds. The quantitative estimate of drug-likeness (QED) is 0.490. The monoisotopic (exact) mass is 350 g/mol. The third kappa shape index (κ3) is 5.11. The van der Waals surface area contributed by atoms with E-state index in [9.17, 15) is 0 Å². The Morgan fingerprint density at radius 2 is 1.89 bits per heavy atom. The second-order valence-corrected chi connectivity index (χ2v) is 6.77. The van der Waals surface area contributed by atoms with Crippen LogP contribution in [0.5, 0.6) is 0 Å². The van der Waals surface area contributed by atoms with Gasteiger partial charge >= 0.3 is 0 Å². The van der Waals surface area contributed by atoms with Gasteiger partial charge in [0.1, 0.15) is 0 Å². The van der Waals surface area contributed by atoms with Gasteiger partial charge in [0.25, 0.3) is 0 Å². The van der Waals surface area contributed by atoms with Gasteiger partial charge in [-0.3, -0.25) is 0 Å². The van der Waals surface area contributed by atoms with E-state index in [1.807, 2.05) is 12.1 Å². The van der Waals surface area contributed by atoms with E-state index in [0.29, 0.717) is 14.9 Å². The van der Waals surface area contributed by atoms with Crippen molar-refractivity contribution in [3.63, 3.8) is 0 Å². The van der Waals surface area contributed by atoms with Gasteiger partial charge in [0.15, 0.2) is 0 Å². The molecule has 1 aromatic rings. The Bertz CT molecular complexity index is 366. The molecule has 1 aromatic carbocycles. The SMILES string of the molecule is CCCCC(CC)C(Br)Cc1ccc(Cl)c(Cl)c1. The first-order valence-electron chi connectivity index (χ1n) is 6.66. The van der Waals surface area contributed by atoms with Crippen molar-refractivity contribution in [1.82, 2.24) is 0 Å². The number of hydrogen-bond acceptors (Lipinski definition) is 0. The Morgan fingerprint density at radius 1 is 1.17 bits per heavy atom. The molecule has 0 N–H and O–H groups in total. The molecule has 0 nitrogen and oxygen atoms in total. The van der Waals surface area contributed by atoms with Crippen molar-refractivity contribution in [2.24, 2.45) is 5.92 Å². The van der Waals surface area contributed by atoms with Gasteiger partial charge in [0, 0.05) is 4.83 Å². The number of alkyl halides is 1. The predicted molar refractivity (Wildman–Crippen MR) is 86.2 cm³/mol. The molecule has 0 saturated carbocycles. The minimum atomic E-state index is 0.520. The lowest BCUT2D eigenvalue weighted by atomic mass is 9.92. The summed E-state index contributed by atoms with van der Waals surface area (Å²) >= 11 is 15.8. The van der Waals surface area contributed by atoms with Gasteiger partial charge in [-0.15, -0.1) is 0 Å². The van der Waals surface area contributed by atoms with Crippen LogP contribution in [0.4, 0.5) is 0 Å². The highest BCUT2D eigenvalue weighted by Crippen LogP contribution is 2.28. The highest BCUT2D eigenvalue weighted by atomic mass is 79.9. The maximum absolute atomic E-state index is 6.05. The zero-order chi connectivity index (χ0) is 13.5. The minimum absolute atomic E-state index is 0.520. The Kier molecular flexibility index (Phi) is 7.67. The number of hydrogen-bond donors (Lipinski definition) is 0. The first-order valence-corrected chi connectivity index (χ1v) is 8.33. The summed E-state index contributed by atoms with van der Waals surface area (Å²) in [6.45, 7) is 4.51. The fraction of sp³-hybridized carbons (Fsp3) is 0.600. The van der Waals surface area contributed by atoms with Crippen LogP contribution < -0.4 is 0 Å². The van der Waals surface area contributed by atoms with Crippen LogP contribution in [0, 0.1) is 5.92 Å². The van der Waals surface area contributed by atoms with E-state index in [1.165, 1.54) is 31.2 Å². The van der Waals surface area contributed by atoms with Gasteiger partial charge < -0.3 is 0 Å². The van der Waals surface area contributed by atoms with Gasteiger partial charge in [0.05, 0.1) is 10.0 Å². The van der Waals surface area contributed by atoms with Crippen LogP contribution in [0.25, 0.3) is 0 Å². The zero-order valence-corrected chi connectivity index (χ0v) is 14.2. The molecular formula is C15H21BrCl2. The molecule has 0 saturated heterocycles. The molecule has 0 aliphatic rings. The van der Waals surface area contributed by atoms with Crippen LogP contribution in [0.3, 0.4) is 0 Å². The van der Waals surface area contributed by atoms with Gasteiger partial charge in [-0.25, -0.2) is 0 Å². The molecule has 0 aliphatic carbocycles. The van der Waals surface area contributed by atoms with Crippen molar-refractivity contribution < 1.29 is 0 Å². The molecule has 102 valence electrons. The number of benzene rings is 1. The van der Waals surface area contributed by atoms with Crippen molar-refractivity contribution in [2.75, 3.05) is 0 Å². The average Bonchev–Trinajstić information content (AvgIpc) is 2.35. The molecule has 1 rings (SSSR count). The standard InChI is InChI=1S/C15H21BrCl2/c1-3-5-6-12(4-2)13(16)9-11-7-8-14(17)15(18)10-11/h7-8,10,12-13H,3-6,9H2,1-2H3. The van der Waals surface area contributed by atoms with Crippen molar-refractivity contribution in [1.29, 1.82) is 0 Å². The lowest BCUT2D eigenvalue weighted by Gasteiger charge is -2.21. The van der Waals surface area contributed by atoms with Crippen LogP contribution in [0.2, 0.25) is 10.0 Å². The first-order chi connectivity index (χ1) is 8.58. The summed E-state index contributed by atoms with van der Waals surface area (Å²) in [5.74, 6) is 0.736. The van der Waals surface area contributed by atoms with Crippen LogP contribution in [-0.4, -0.2) is 4.83 Å². The third-order valence-corrected chi connectivity index (χ3v) is 5.19. The number of unbranched alkanes of at least 4 members (excludes halogenated alkanes) is 1. The summed E-state index contributed by atoms with van der Waals surface area (Å²) in [6, 6.07) is 5.92. The van der Waals surface area contributed by atoms with E-state index in [4.69, 9.17) is 23.2 Å². The third-order valence-electron chi connectivity index (χ3n) is 3.38. The van der Waals surface area contributed by atoms with Gasteiger partial charge in [0.2, 0.25) is 0 Å². The van der Waals surface area contributed by atoms with E-state index >= 15 is 0 Å². The molecule has 0 aromatic heterocycles. The Balaban J connectivity index is 2.61. The summed E-state index contributed by atoms with van der Waals surface area (Å²) in [5.41, 5.74) is 1.25. The molecular weight excluding hydrogens is 331 g/mol. The van der Waals surface area contributed by atoms with E-state index in [0.717, 1.165) is 12.3 Å². The predicted octanol–water partition coefficient (Wildman–Crippen LogP) is 6.52. The zero-order valence-electron chi connectivity index (χ0n) is 11.1. The lowest BCUT2D eigenvalue weighted by molar-refractivity contribution is 0.437. The van der Waals surface area contributed by atoms with Crippen LogP contribution >= 0.6 is 39.1 Å². The lowest BCUT2D eigenvalue weighted by Crippen LogP contribution is -2.16. The maximum atomic E-state index is 6.05. The summed E-state index contributed by atoms with van der Waals surface area (Å²) < 4.78 is 0. The molecule has 0 heterocycles. The van der Waals surface area contributed by atoms with Crippen LogP contribution in [-0.2, 0) is 6.42 Å².